The van der Waals surface area contributed by atoms with E-state index in [-0.39, 0.29) is 5.91 Å². The van der Waals surface area contributed by atoms with E-state index in [1.807, 2.05) is 4.90 Å². The van der Waals surface area contributed by atoms with Crippen LogP contribution >= 0.6 is 0 Å². The van der Waals surface area contributed by atoms with E-state index < -0.39 is 11.0 Å². The van der Waals surface area contributed by atoms with Crippen LogP contribution in [0.3, 0.4) is 0 Å². The van der Waals surface area contributed by atoms with Gasteiger partial charge < -0.3 is 14.5 Å². The Bertz CT molecular complexity index is 1170. The molecule has 1 aromatic heterocycles. The fraction of sp³-hybridized carbons (Fsp3) is 0.517. The molecule has 8 heteroatoms. The van der Waals surface area contributed by atoms with E-state index in [0.717, 1.165) is 36.7 Å². The van der Waals surface area contributed by atoms with Crippen LogP contribution in [0.2, 0.25) is 0 Å². The number of amides is 1. The largest absolute Gasteiger partial charge is 0.493 e. The quantitative estimate of drug-likeness (QED) is 0.499. The minimum atomic E-state index is -1.60. The van der Waals surface area contributed by atoms with Crippen molar-refractivity contribution >= 4 is 22.6 Å². The van der Waals surface area contributed by atoms with Gasteiger partial charge >= 0.3 is 0 Å². The fourth-order valence-corrected chi connectivity index (χ4v) is 6.05. The lowest BCUT2D eigenvalue weighted by atomic mass is 10.0. The molecule has 2 aliphatic heterocycles. The van der Waals surface area contributed by atoms with Gasteiger partial charge in [-0.05, 0) is 67.0 Å². The van der Waals surface area contributed by atoms with E-state index in [1.165, 1.54) is 37.4 Å². The van der Waals surface area contributed by atoms with E-state index in [2.05, 4.69) is 48.5 Å². The molecule has 7 nitrogen and oxygen atoms in total. The molecule has 5 rings (SSSR count). The van der Waals surface area contributed by atoms with Gasteiger partial charge in [0.25, 0.3) is 5.91 Å². The van der Waals surface area contributed by atoms with E-state index >= 15 is 0 Å². The molecule has 2 saturated heterocycles. The lowest BCUT2D eigenvalue weighted by Gasteiger charge is -2.25. The second-order valence-electron chi connectivity index (χ2n) is 11.0. The van der Waals surface area contributed by atoms with Gasteiger partial charge in [-0.2, -0.15) is 0 Å². The van der Waals surface area contributed by atoms with Crippen molar-refractivity contribution < 1.29 is 13.7 Å². The van der Waals surface area contributed by atoms with Gasteiger partial charge in [0.1, 0.15) is 22.4 Å². The molecule has 37 heavy (non-hydrogen) atoms. The highest BCUT2D eigenvalue weighted by atomic mass is 32.2. The van der Waals surface area contributed by atoms with Crippen LogP contribution in [0.4, 0.5) is 0 Å². The number of nitrogens with two attached hydrogens (primary N) is 1. The van der Waals surface area contributed by atoms with Crippen LogP contribution in [-0.2, 0) is 11.0 Å². The van der Waals surface area contributed by atoms with Crippen molar-refractivity contribution in [2.75, 3.05) is 32.8 Å². The Morgan fingerprint density at radius 1 is 1.16 bits per heavy atom. The maximum atomic E-state index is 13.0. The summed E-state index contributed by atoms with van der Waals surface area (Å²) in [5, 5.41) is 5.39. The monoisotopic (exact) mass is 522 g/mol. The Morgan fingerprint density at radius 3 is 2.46 bits per heavy atom. The van der Waals surface area contributed by atoms with Gasteiger partial charge in [0.2, 0.25) is 0 Å². The van der Waals surface area contributed by atoms with Crippen LogP contribution in [0.15, 0.2) is 48.0 Å². The van der Waals surface area contributed by atoms with Gasteiger partial charge in [-0.25, -0.2) is 14.3 Å². The van der Waals surface area contributed by atoms with E-state index in [9.17, 15) is 9.00 Å². The molecule has 1 aromatic carbocycles. The summed E-state index contributed by atoms with van der Waals surface area (Å²) >= 11 is 0. The molecule has 0 bridgehead atoms. The number of nitrogens with zero attached hydrogens (tertiary/aromatic N) is 3. The highest BCUT2D eigenvalue weighted by Crippen LogP contribution is 2.43. The summed E-state index contributed by atoms with van der Waals surface area (Å²) in [5.74, 6) is 2.89. The number of aromatic nitrogens is 1. The fourth-order valence-electron chi connectivity index (χ4n) is 5.69. The first-order valence-corrected chi connectivity index (χ1v) is 14.7. The zero-order chi connectivity index (χ0) is 26.1. The molecule has 4 unspecified atom stereocenters. The summed E-state index contributed by atoms with van der Waals surface area (Å²) in [6.45, 7) is 12.9. The number of hydrogen-bond acceptors (Lipinski definition) is 5. The average molecular weight is 523 g/mol. The molecule has 0 radical (unpaired) electrons. The summed E-state index contributed by atoms with van der Waals surface area (Å²) in [7, 11) is -1.60. The molecule has 1 aliphatic carbocycles. The van der Waals surface area contributed by atoms with Crippen LogP contribution in [0, 0.1) is 17.8 Å². The van der Waals surface area contributed by atoms with Crippen molar-refractivity contribution in [2.45, 2.75) is 50.3 Å². The van der Waals surface area contributed by atoms with Crippen LogP contribution < -0.4 is 9.88 Å². The van der Waals surface area contributed by atoms with Gasteiger partial charge in [-0.1, -0.05) is 26.8 Å². The van der Waals surface area contributed by atoms with Crippen molar-refractivity contribution in [2.24, 2.45) is 22.9 Å². The molecule has 2 aromatic rings. The predicted molar refractivity (Wildman–Crippen MR) is 146 cm³/mol. The first kappa shape index (κ1) is 25.9. The number of rotatable bonds is 10. The summed E-state index contributed by atoms with van der Waals surface area (Å²) in [6.07, 6.45) is 6.27. The minimum Gasteiger partial charge on any atom is -0.493 e. The molecular weight excluding hydrogens is 484 g/mol. The molecular formula is C29H38N4O3S. The van der Waals surface area contributed by atoms with Crippen molar-refractivity contribution in [1.82, 2.24) is 14.8 Å². The van der Waals surface area contributed by atoms with Gasteiger partial charge in [-0.15, -0.1) is 0 Å². The van der Waals surface area contributed by atoms with Gasteiger partial charge in [-0.3, -0.25) is 4.79 Å². The molecule has 3 aliphatic rings. The van der Waals surface area contributed by atoms with Gasteiger partial charge in [0.05, 0.1) is 11.5 Å². The van der Waals surface area contributed by atoms with Crippen molar-refractivity contribution in [3.63, 3.8) is 0 Å². The Balaban J connectivity index is 1.22. The predicted octanol–water partition coefficient (Wildman–Crippen LogP) is 4.43. The zero-order valence-electron chi connectivity index (χ0n) is 21.9. The highest BCUT2D eigenvalue weighted by molar-refractivity contribution is 7.82. The second kappa shape index (κ2) is 11.0. The Kier molecular flexibility index (Phi) is 7.67. The number of carbonyl (C=O) groups excluding carboxylic acids is 1. The highest BCUT2D eigenvalue weighted by Gasteiger charge is 2.42. The third-order valence-electron chi connectivity index (χ3n) is 7.97. The van der Waals surface area contributed by atoms with E-state index in [1.54, 1.807) is 12.1 Å². The van der Waals surface area contributed by atoms with Crippen molar-refractivity contribution in [3.8, 4) is 5.75 Å². The molecule has 2 N–H and O–H groups in total. The SMILES string of the molecule is C=C(c1cc(OCC(C)CCC)cc(C2CC2)c1)N1CC2CN(C(=O)c3ccc(S(N)=O)cn3)CC2C1. The van der Waals surface area contributed by atoms with Crippen LogP contribution in [0.1, 0.15) is 67.1 Å². The number of hydrogen-bond donors (Lipinski definition) is 1. The molecule has 0 spiro atoms. The van der Waals surface area contributed by atoms with E-state index in [4.69, 9.17) is 9.88 Å². The Morgan fingerprint density at radius 2 is 1.86 bits per heavy atom. The molecule has 198 valence electrons. The molecule has 1 amide bonds. The molecule has 3 fully saturated rings. The first-order chi connectivity index (χ1) is 17.8. The second-order valence-corrected chi connectivity index (χ2v) is 12.1. The normalized spacial score (nSPS) is 22.6. The minimum absolute atomic E-state index is 0.0784. The number of likely N-dealkylation sites (tertiary alicyclic amines) is 2. The van der Waals surface area contributed by atoms with Crippen LogP contribution in [0.5, 0.6) is 5.75 Å². The lowest BCUT2D eigenvalue weighted by Crippen LogP contribution is -2.33. The van der Waals surface area contributed by atoms with Crippen molar-refractivity contribution in [1.29, 1.82) is 0 Å². The third kappa shape index (κ3) is 5.91. The van der Waals surface area contributed by atoms with Gasteiger partial charge in [0, 0.05) is 55.5 Å². The standard InChI is InChI=1S/C29H38N4O3S/c1-4-5-19(2)18-36-26-11-22(10-23(12-26)21-6-7-21)20(3)32-14-24-16-33(17-25(24)15-32)29(34)28-9-8-27(13-31-28)37(30)35/h8-13,19,21,24-25H,3-7,14-18,30H2,1-2H3. The van der Waals surface area contributed by atoms with Crippen molar-refractivity contribution in [3.05, 3.63) is 59.9 Å². The number of ether oxygens (including phenoxy) is 1. The maximum absolute atomic E-state index is 13.0. The van der Waals surface area contributed by atoms with Gasteiger partial charge in [0.15, 0.2) is 0 Å². The number of benzene rings is 1. The number of carbonyl (C=O) groups is 1. The smallest absolute Gasteiger partial charge is 0.272 e. The summed E-state index contributed by atoms with van der Waals surface area (Å²) in [6, 6.07) is 9.90. The number of pyridine rings is 1. The zero-order valence-corrected chi connectivity index (χ0v) is 22.7. The Labute approximate surface area is 222 Å². The number of fused-ring (bicyclic) bond motifs is 1. The molecule has 1 saturated carbocycles. The maximum Gasteiger partial charge on any atom is 0.272 e. The first-order valence-electron chi connectivity index (χ1n) is 13.5. The lowest BCUT2D eigenvalue weighted by molar-refractivity contribution is 0.0771. The average Bonchev–Trinajstić information content (AvgIpc) is 3.56. The van der Waals surface area contributed by atoms with Crippen LogP contribution in [0.25, 0.3) is 5.70 Å². The third-order valence-corrected chi connectivity index (χ3v) is 8.68. The summed E-state index contributed by atoms with van der Waals surface area (Å²) < 4.78 is 17.6. The Hall–Kier alpha value is -2.71. The molecule has 3 heterocycles. The van der Waals surface area contributed by atoms with E-state index in [0.29, 0.717) is 47.4 Å². The van der Waals surface area contributed by atoms with Crippen LogP contribution in [-0.4, -0.2) is 57.7 Å². The molecule has 4 atom stereocenters. The topological polar surface area (TPSA) is 88.8 Å². The summed E-state index contributed by atoms with van der Waals surface area (Å²) in [4.78, 5) is 21.9. The summed E-state index contributed by atoms with van der Waals surface area (Å²) in [5.41, 5.74) is 3.93.